The lowest BCUT2D eigenvalue weighted by atomic mass is 10.0. The Hall–Kier alpha value is -2.35. The van der Waals surface area contributed by atoms with E-state index >= 15 is 0 Å². The molecule has 0 aromatic heterocycles. The number of nitriles is 1. The molecular formula is C19H20N2O2. The van der Waals surface area contributed by atoms with Crippen LogP contribution in [0.5, 0.6) is 5.75 Å². The van der Waals surface area contributed by atoms with Crippen LogP contribution in [0.1, 0.15) is 29.2 Å². The van der Waals surface area contributed by atoms with Crippen molar-refractivity contribution in [3.8, 4) is 11.8 Å². The summed E-state index contributed by atoms with van der Waals surface area (Å²) in [6, 6.07) is 18.0. The monoisotopic (exact) mass is 308 g/mol. The first-order valence-corrected chi connectivity index (χ1v) is 7.75. The van der Waals surface area contributed by atoms with E-state index in [0.29, 0.717) is 25.1 Å². The van der Waals surface area contributed by atoms with Crippen molar-refractivity contribution in [2.75, 3.05) is 13.7 Å². The summed E-state index contributed by atoms with van der Waals surface area (Å²) in [7, 11) is 1.66. The lowest BCUT2D eigenvalue weighted by Crippen LogP contribution is -2.24. The normalized spacial score (nSPS) is 21.1. The molecule has 0 amide bonds. The molecular weight excluding hydrogens is 288 g/mol. The van der Waals surface area contributed by atoms with E-state index in [1.807, 2.05) is 42.5 Å². The third kappa shape index (κ3) is 3.37. The van der Waals surface area contributed by atoms with Gasteiger partial charge in [0.2, 0.25) is 0 Å². The summed E-state index contributed by atoms with van der Waals surface area (Å²) in [6.07, 6.45) is 0.350. The highest BCUT2D eigenvalue weighted by molar-refractivity contribution is 5.38. The summed E-state index contributed by atoms with van der Waals surface area (Å²) >= 11 is 0. The zero-order valence-electron chi connectivity index (χ0n) is 13.1. The molecule has 1 aliphatic rings. The number of nitrogens with zero attached hydrogens (tertiary/aromatic N) is 2. The molecule has 0 saturated carbocycles. The Labute approximate surface area is 136 Å². The number of aliphatic hydroxyl groups excluding tert-OH is 1. The van der Waals surface area contributed by atoms with Gasteiger partial charge in [-0.3, -0.25) is 4.90 Å². The number of likely N-dealkylation sites (tertiary alicyclic amines) is 1. The Morgan fingerprint density at radius 1 is 1.26 bits per heavy atom. The molecule has 0 aliphatic carbocycles. The van der Waals surface area contributed by atoms with E-state index in [0.717, 1.165) is 16.9 Å². The molecule has 2 atom stereocenters. The molecule has 118 valence electrons. The lowest BCUT2D eigenvalue weighted by Gasteiger charge is -2.25. The summed E-state index contributed by atoms with van der Waals surface area (Å²) in [6.45, 7) is 1.27. The number of aliphatic hydroxyl groups is 1. The van der Waals surface area contributed by atoms with Gasteiger partial charge in [-0.05, 0) is 35.7 Å². The van der Waals surface area contributed by atoms with Crippen molar-refractivity contribution in [1.29, 1.82) is 5.26 Å². The SMILES string of the molecule is COc1cccc([C@@H]2C[C@H](O)CN2Cc2ccccc2C#N)c1. The van der Waals surface area contributed by atoms with Crippen molar-refractivity contribution in [3.63, 3.8) is 0 Å². The minimum absolute atomic E-state index is 0.131. The van der Waals surface area contributed by atoms with Gasteiger partial charge in [-0.2, -0.15) is 5.26 Å². The molecule has 1 saturated heterocycles. The number of methoxy groups -OCH3 is 1. The third-order valence-electron chi connectivity index (χ3n) is 4.37. The van der Waals surface area contributed by atoms with Crippen LogP contribution in [0.3, 0.4) is 0 Å². The van der Waals surface area contributed by atoms with Crippen LogP contribution in [0.15, 0.2) is 48.5 Å². The molecule has 23 heavy (non-hydrogen) atoms. The van der Waals surface area contributed by atoms with Crippen molar-refractivity contribution in [1.82, 2.24) is 4.90 Å². The van der Waals surface area contributed by atoms with Crippen molar-refractivity contribution < 1.29 is 9.84 Å². The fourth-order valence-corrected chi connectivity index (χ4v) is 3.24. The van der Waals surface area contributed by atoms with Gasteiger partial charge < -0.3 is 9.84 Å². The van der Waals surface area contributed by atoms with E-state index in [-0.39, 0.29) is 12.1 Å². The van der Waals surface area contributed by atoms with E-state index in [4.69, 9.17) is 4.74 Å². The van der Waals surface area contributed by atoms with Gasteiger partial charge in [-0.15, -0.1) is 0 Å². The molecule has 1 fully saturated rings. The quantitative estimate of drug-likeness (QED) is 0.943. The molecule has 1 heterocycles. The van der Waals surface area contributed by atoms with E-state index in [1.165, 1.54) is 0 Å². The zero-order valence-corrected chi connectivity index (χ0v) is 13.1. The van der Waals surface area contributed by atoms with Gasteiger partial charge in [0, 0.05) is 19.1 Å². The Kier molecular flexibility index (Phi) is 4.61. The smallest absolute Gasteiger partial charge is 0.119 e. The van der Waals surface area contributed by atoms with Crippen molar-refractivity contribution >= 4 is 0 Å². The topological polar surface area (TPSA) is 56.5 Å². The molecule has 0 bridgehead atoms. The highest BCUT2D eigenvalue weighted by Crippen LogP contribution is 2.35. The first-order valence-electron chi connectivity index (χ1n) is 7.75. The van der Waals surface area contributed by atoms with Crippen molar-refractivity contribution in [2.24, 2.45) is 0 Å². The maximum atomic E-state index is 10.1. The van der Waals surface area contributed by atoms with Gasteiger partial charge in [-0.25, -0.2) is 0 Å². The molecule has 4 heteroatoms. The number of rotatable bonds is 4. The standard InChI is InChI=1S/C19H20N2O2/c1-23-18-8-4-7-14(9-18)19-10-17(22)13-21(19)12-16-6-3-2-5-15(16)11-20/h2-9,17,19,22H,10,12-13H2,1H3/t17-,19-/m0/s1. The second kappa shape index (κ2) is 6.82. The number of β-amino-alcohol motifs (C(OH)–C–C–N with tert-alkyl or cyclic N) is 1. The number of benzene rings is 2. The summed E-state index contributed by atoms with van der Waals surface area (Å²) < 4.78 is 5.31. The van der Waals surface area contributed by atoms with Gasteiger partial charge in [0.15, 0.2) is 0 Å². The Bertz CT molecular complexity index is 723. The van der Waals surface area contributed by atoms with Gasteiger partial charge in [0.25, 0.3) is 0 Å². The van der Waals surface area contributed by atoms with Crippen molar-refractivity contribution in [3.05, 3.63) is 65.2 Å². The highest BCUT2D eigenvalue weighted by atomic mass is 16.5. The molecule has 2 aromatic rings. The predicted octanol–water partition coefficient (Wildman–Crippen LogP) is 2.87. The minimum Gasteiger partial charge on any atom is -0.497 e. The first-order chi connectivity index (χ1) is 11.2. The number of hydrogen-bond donors (Lipinski definition) is 1. The molecule has 1 aliphatic heterocycles. The van der Waals surface area contributed by atoms with Crippen LogP contribution in [0, 0.1) is 11.3 Å². The Morgan fingerprint density at radius 3 is 2.87 bits per heavy atom. The molecule has 3 rings (SSSR count). The fraction of sp³-hybridized carbons (Fsp3) is 0.316. The molecule has 4 nitrogen and oxygen atoms in total. The van der Waals surface area contributed by atoms with E-state index in [1.54, 1.807) is 7.11 Å². The molecule has 2 aromatic carbocycles. The second-order valence-electron chi connectivity index (χ2n) is 5.88. The third-order valence-corrected chi connectivity index (χ3v) is 4.37. The Morgan fingerprint density at radius 2 is 2.09 bits per heavy atom. The lowest BCUT2D eigenvalue weighted by molar-refractivity contribution is 0.172. The van der Waals surface area contributed by atoms with E-state index in [9.17, 15) is 10.4 Å². The number of hydrogen-bond acceptors (Lipinski definition) is 4. The van der Waals surface area contributed by atoms with Gasteiger partial charge >= 0.3 is 0 Å². The van der Waals surface area contributed by atoms with Crippen LogP contribution in [0.25, 0.3) is 0 Å². The summed E-state index contributed by atoms with van der Waals surface area (Å²) in [4.78, 5) is 2.23. The summed E-state index contributed by atoms with van der Waals surface area (Å²) in [5.74, 6) is 0.821. The zero-order chi connectivity index (χ0) is 16.2. The van der Waals surface area contributed by atoms with Crippen LogP contribution in [0.2, 0.25) is 0 Å². The molecule has 0 spiro atoms. The summed E-state index contributed by atoms with van der Waals surface area (Å²) in [5, 5.41) is 19.4. The second-order valence-corrected chi connectivity index (χ2v) is 5.88. The summed E-state index contributed by atoms with van der Waals surface area (Å²) in [5.41, 5.74) is 2.82. The minimum atomic E-state index is -0.347. The predicted molar refractivity (Wildman–Crippen MR) is 87.9 cm³/mol. The van der Waals surface area contributed by atoms with Crippen molar-refractivity contribution in [2.45, 2.75) is 25.1 Å². The van der Waals surface area contributed by atoms with Crippen LogP contribution < -0.4 is 4.74 Å². The molecule has 0 unspecified atom stereocenters. The average molecular weight is 308 g/mol. The van der Waals surface area contributed by atoms with Crippen LogP contribution in [-0.4, -0.2) is 29.8 Å². The van der Waals surface area contributed by atoms with E-state index < -0.39 is 0 Å². The maximum Gasteiger partial charge on any atom is 0.119 e. The molecule has 1 N–H and O–H groups in total. The van der Waals surface area contributed by atoms with Gasteiger partial charge in [0.1, 0.15) is 5.75 Å². The van der Waals surface area contributed by atoms with Crippen LogP contribution in [0.4, 0.5) is 0 Å². The Balaban J connectivity index is 1.86. The van der Waals surface area contributed by atoms with E-state index in [2.05, 4.69) is 17.0 Å². The highest BCUT2D eigenvalue weighted by Gasteiger charge is 2.32. The van der Waals surface area contributed by atoms with Crippen LogP contribution >= 0.6 is 0 Å². The van der Waals surface area contributed by atoms with Gasteiger partial charge in [-0.1, -0.05) is 30.3 Å². The van der Waals surface area contributed by atoms with Gasteiger partial charge in [0.05, 0.1) is 24.8 Å². The number of ether oxygens (including phenoxy) is 1. The average Bonchev–Trinajstić information content (AvgIpc) is 2.96. The largest absolute Gasteiger partial charge is 0.497 e. The first kappa shape index (κ1) is 15.5. The molecule has 0 radical (unpaired) electrons. The van der Waals surface area contributed by atoms with Crippen LogP contribution in [-0.2, 0) is 6.54 Å². The fourth-order valence-electron chi connectivity index (χ4n) is 3.24. The maximum absolute atomic E-state index is 10.1.